The van der Waals surface area contributed by atoms with E-state index in [1.54, 1.807) is 6.07 Å². The highest BCUT2D eigenvalue weighted by atomic mass is 16.5. The number of phenolic OH excluding ortho intramolecular Hbond substituents is 1. The predicted molar refractivity (Wildman–Crippen MR) is 131 cm³/mol. The Labute approximate surface area is 210 Å². The van der Waals surface area contributed by atoms with Crippen molar-refractivity contribution in [3.8, 4) is 11.5 Å². The summed E-state index contributed by atoms with van der Waals surface area (Å²) < 4.78 is 6.24. The first-order chi connectivity index (χ1) is 17.3. The van der Waals surface area contributed by atoms with Crippen LogP contribution in [0.3, 0.4) is 0 Å². The van der Waals surface area contributed by atoms with Gasteiger partial charge in [0.15, 0.2) is 17.6 Å². The minimum Gasteiger partial charge on any atom is -0.508 e. The molecule has 3 fully saturated rings. The number of amides is 1. The first-order valence-corrected chi connectivity index (χ1v) is 13.7. The van der Waals surface area contributed by atoms with Crippen LogP contribution in [0, 0.1) is 5.92 Å². The summed E-state index contributed by atoms with van der Waals surface area (Å²) in [4.78, 5) is 15.8. The van der Waals surface area contributed by atoms with Gasteiger partial charge < -0.3 is 30.5 Å². The van der Waals surface area contributed by atoms with Crippen molar-refractivity contribution >= 4 is 5.91 Å². The van der Waals surface area contributed by atoms with E-state index in [1.807, 2.05) is 6.07 Å². The monoisotopic (exact) mass is 496 g/mol. The molecule has 4 aliphatic carbocycles. The minimum absolute atomic E-state index is 0.00272. The van der Waals surface area contributed by atoms with Crippen LogP contribution in [0.15, 0.2) is 23.5 Å². The molecular weight excluding hydrogens is 460 g/mol. The van der Waals surface area contributed by atoms with Gasteiger partial charge >= 0.3 is 0 Å². The highest BCUT2D eigenvalue weighted by Gasteiger charge is 2.73. The Hall–Kier alpha value is -2.29. The number of carbonyl (C=O) groups is 1. The molecule has 2 aliphatic heterocycles. The van der Waals surface area contributed by atoms with Crippen LogP contribution in [0.25, 0.3) is 0 Å². The molecule has 1 aromatic rings. The van der Waals surface area contributed by atoms with Crippen molar-refractivity contribution < 1.29 is 30.0 Å². The molecule has 1 spiro atoms. The number of benzene rings is 1. The molecule has 2 bridgehead atoms. The number of hydrogen-bond acceptors (Lipinski definition) is 7. The van der Waals surface area contributed by atoms with Gasteiger partial charge in [0, 0.05) is 31.1 Å². The number of likely N-dealkylation sites (tertiary alicyclic amines) is 1. The fourth-order valence-electron chi connectivity index (χ4n) is 8.11. The maximum absolute atomic E-state index is 13.5. The number of ether oxygens (including phenoxy) is 1. The Morgan fingerprint density at radius 2 is 1.89 bits per heavy atom. The van der Waals surface area contributed by atoms with Gasteiger partial charge in [0.25, 0.3) is 5.91 Å². The molecule has 5 N–H and O–H groups in total. The van der Waals surface area contributed by atoms with Gasteiger partial charge in [-0.1, -0.05) is 25.3 Å². The molecule has 6 aliphatic rings. The molecule has 8 heteroatoms. The van der Waals surface area contributed by atoms with Crippen molar-refractivity contribution in [3.63, 3.8) is 0 Å². The smallest absolute Gasteiger partial charge is 0.250 e. The third-order valence-corrected chi connectivity index (χ3v) is 10.2. The Kier molecular flexibility index (Phi) is 4.84. The van der Waals surface area contributed by atoms with Crippen LogP contribution >= 0.6 is 0 Å². The largest absolute Gasteiger partial charge is 0.508 e. The predicted octanol–water partition coefficient (Wildman–Crippen LogP) is 2.19. The zero-order valence-electron chi connectivity index (χ0n) is 20.6. The Morgan fingerprint density at radius 1 is 1.11 bits per heavy atom. The van der Waals surface area contributed by atoms with E-state index in [4.69, 9.17) is 4.74 Å². The van der Waals surface area contributed by atoms with Gasteiger partial charge in [0.05, 0.1) is 22.2 Å². The van der Waals surface area contributed by atoms with E-state index in [-0.39, 0.29) is 36.1 Å². The lowest BCUT2D eigenvalue weighted by Gasteiger charge is -2.62. The van der Waals surface area contributed by atoms with Crippen molar-refractivity contribution in [1.82, 2.24) is 10.2 Å². The molecule has 36 heavy (non-hydrogen) atoms. The number of hydrogen-bond donors (Lipinski definition) is 5. The second kappa shape index (κ2) is 7.62. The summed E-state index contributed by atoms with van der Waals surface area (Å²) >= 11 is 0. The standard InChI is InChI=1S/C28H36N2O6/c31-19-7-6-17-12-20-28(35)13-18(25(33)29-15-26(34)8-2-1-3-9-26)22(32)24-27(28,21(17)23(19)36-24)10-11-30(20)14-16-4-5-16/h6-7,16,20,24,31-32,34-35H,1-5,8-15H2,(H,29,33)/t20-,24+,27+,28-/m1/s1. The summed E-state index contributed by atoms with van der Waals surface area (Å²) in [7, 11) is 0. The minimum atomic E-state index is -1.32. The summed E-state index contributed by atoms with van der Waals surface area (Å²) in [6, 6.07) is 3.34. The highest BCUT2D eigenvalue weighted by Crippen LogP contribution is 2.66. The van der Waals surface area contributed by atoms with Crippen LogP contribution in [-0.2, 0) is 16.6 Å². The number of phenols is 1. The van der Waals surface area contributed by atoms with Crippen molar-refractivity contribution in [1.29, 1.82) is 0 Å². The lowest BCUT2D eigenvalue weighted by molar-refractivity contribution is -0.172. The number of aliphatic hydroxyl groups is 3. The van der Waals surface area contributed by atoms with E-state index in [9.17, 15) is 25.2 Å². The topological polar surface area (TPSA) is 122 Å². The molecular formula is C28H36N2O6. The summed E-state index contributed by atoms with van der Waals surface area (Å²) in [5.41, 5.74) is -1.18. The summed E-state index contributed by atoms with van der Waals surface area (Å²) in [6.07, 6.45) is 6.95. The summed E-state index contributed by atoms with van der Waals surface area (Å²) in [5.74, 6) is 0.357. The van der Waals surface area contributed by atoms with Gasteiger partial charge in [0.2, 0.25) is 0 Å². The molecule has 2 heterocycles. The summed E-state index contributed by atoms with van der Waals surface area (Å²) in [5, 5.41) is 48.5. The first kappa shape index (κ1) is 22.9. The second-order valence-corrected chi connectivity index (χ2v) is 12.3. The molecule has 1 amide bonds. The van der Waals surface area contributed by atoms with Crippen molar-refractivity contribution in [2.45, 2.75) is 93.0 Å². The van der Waals surface area contributed by atoms with Gasteiger partial charge in [-0.05, 0) is 62.6 Å². The van der Waals surface area contributed by atoms with Gasteiger partial charge in [-0.15, -0.1) is 0 Å². The van der Waals surface area contributed by atoms with Crippen LogP contribution in [0.5, 0.6) is 11.5 Å². The zero-order valence-corrected chi connectivity index (χ0v) is 20.6. The fraction of sp³-hybridized carbons (Fsp3) is 0.679. The van der Waals surface area contributed by atoms with Crippen LogP contribution in [0.4, 0.5) is 0 Å². The number of piperidine rings is 1. The molecule has 1 aromatic carbocycles. The Morgan fingerprint density at radius 3 is 2.64 bits per heavy atom. The molecule has 2 saturated carbocycles. The number of carbonyl (C=O) groups excluding carboxylic acids is 1. The lowest BCUT2D eigenvalue weighted by Crippen LogP contribution is -2.75. The quantitative estimate of drug-likeness (QED) is 0.424. The third kappa shape index (κ3) is 3.01. The van der Waals surface area contributed by atoms with Crippen LogP contribution in [-0.4, -0.2) is 74.2 Å². The third-order valence-electron chi connectivity index (χ3n) is 10.2. The Bertz CT molecular complexity index is 1150. The van der Waals surface area contributed by atoms with Crippen LogP contribution < -0.4 is 10.1 Å². The second-order valence-electron chi connectivity index (χ2n) is 12.3. The molecule has 4 atom stereocenters. The fourth-order valence-corrected chi connectivity index (χ4v) is 8.11. The number of rotatable bonds is 5. The molecule has 1 saturated heterocycles. The number of aromatic hydroxyl groups is 1. The number of nitrogens with zero attached hydrogens (tertiary/aromatic N) is 1. The maximum atomic E-state index is 13.5. The first-order valence-electron chi connectivity index (χ1n) is 13.7. The van der Waals surface area contributed by atoms with Gasteiger partial charge in [-0.25, -0.2) is 0 Å². The molecule has 8 nitrogen and oxygen atoms in total. The van der Waals surface area contributed by atoms with E-state index in [2.05, 4.69) is 10.2 Å². The van der Waals surface area contributed by atoms with Crippen molar-refractivity contribution in [2.75, 3.05) is 19.6 Å². The van der Waals surface area contributed by atoms with E-state index < -0.39 is 28.6 Å². The van der Waals surface area contributed by atoms with E-state index in [1.165, 1.54) is 12.8 Å². The van der Waals surface area contributed by atoms with E-state index in [0.29, 0.717) is 37.4 Å². The van der Waals surface area contributed by atoms with E-state index >= 15 is 0 Å². The zero-order chi connectivity index (χ0) is 24.9. The SMILES string of the molecule is O=C(NCC1(O)CCCCC1)C1=C(O)[C@@H]2Oc3c(O)ccc4c3[C@@]23CCN(CC2CC2)[C@H](C4)[C@]3(O)C1. The Balaban J connectivity index is 1.28. The van der Waals surface area contributed by atoms with Gasteiger partial charge in [-0.3, -0.25) is 9.69 Å². The molecule has 7 rings (SSSR count). The van der Waals surface area contributed by atoms with Gasteiger partial charge in [-0.2, -0.15) is 0 Å². The average molecular weight is 497 g/mol. The lowest BCUT2D eigenvalue weighted by atomic mass is 9.49. The molecule has 0 radical (unpaired) electrons. The average Bonchev–Trinajstić information content (AvgIpc) is 3.60. The van der Waals surface area contributed by atoms with E-state index in [0.717, 1.165) is 43.5 Å². The molecule has 0 unspecified atom stereocenters. The van der Waals surface area contributed by atoms with Gasteiger partial charge in [0.1, 0.15) is 5.76 Å². The van der Waals surface area contributed by atoms with Crippen molar-refractivity contribution in [3.05, 3.63) is 34.6 Å². The number of aliphatic hydroxyl groups excluding tert-OH is 1. The van der Waals surface area contributed by atoms with Crippen LogP contribution in [0.1, 0.15) is 68.9 Å². The maximum Gasteiger partial charge on any atom is 0.250 e. The molecule has 0 aromatic heterocycles. The van der Waals surface area contributed by atoms with Crippen molar-refractivity contribution in [2.24, 2.45) is 5.92 Å². The van der Waals surface area contributed by atoms with Crippen LogP contribution in [0.2, 0.25) is 0 Å². The molecule has 194 valence electrons. The normalized spacial score (nSPS) is 36.3. The number of nitrogens with one attached hydrogen (secondary N) is 1. The highest BCUT2D eigenvalue weighted by molar-refractivity contribution is 5.95. The summed E-state index contributed by atoms with van der Waals surface area (Å²) in [6.45, 7) is 1.83.